The molecule has 7 nitrogen and oxygen atoms in total. The number of hydrogen-bond acceptors (Lipinski definition) is 6. The summed E-state index contributed by atoms with van der Waals surface area (Å²) >= 11 is 0. The zero-order valence-corrected chi connectivity index (χ0v) is 18.6. The molecule has 4 aromatic rings. The summed E-state index contributed by atoms with van der Waals surface area (Å²) in [4.78, 5) is 11.6. The highest BCUT2D eigenvalue weighted by molar-refractivity contribution is 5.89. The molecule has 3 aromatic carbocycles. The van der Waals surface area contributed by atoms with Gasteiger partial charge < -0.3 is 19.3 Å². The van der Waals surface area contributed by atoms with E-state index in [0.717, 1.165) is 11.1 Å². The molecular formula is C26H24N2O5. The zero-order valence-electron chi connectivity index (χ0n) is 18.6. The smallest absolute Gasteiger partial charge is 0.337 e. The molecule has 0 saturated carbocycles. The number of esters is 1. The van der Waals surface area contributed by atoms with Gasteiger partial charge in [-0.3, -0.25) is 5.10 Å². The summed E-state index contributed by atoms with van der Waals surface area (Å²) in [6, 6.07) is 19.7. The molecule has 33 heavy (non-hydrogen) atoms. The molecule has 0 aliphatic rings. The number of carbonyl (C=O) groups excluding carboxylic acids is 1. The van der Waals surface area contributed by atoms with Crippen molar-refractivity contribution in [3.8, 4) is 34.3 Å². The largest absolute Gasteiger partial charge is 0.507 e. The number of benzene rings is 3. The van der Waals surface area contributed by atoms with E-state index in [-0.39, 0.29) is 5.75 Å². The molecule has 168 valence electrons. The third-order valence-corrected chi connectivity index (χ3v) is 5.27. The molecule has 1 aromatic heterocycles. The Kier molecular flexibility index (Phi) is 6.31. The predicted molar refractivity (Wildman–Crippen MR) is 124 cm³/mol. The van der Waals surface area contributed by atoms with Gasteiger partial charge in [-0.05, 0) is 61.4 Å². The Labute approximate surface area is 191 Å². The van der Waals surface area contributed by atoms with E-state index in [1.165, 1.54) is 7.11 Å². The molecule has 0 unspecified atom stereocenters. The minimum Gasteiger partial charge on any atom is -0.507 e. The van der Waals surface area contributed by atoms with E-state index in [2.05, 4.69) is 10.2 Å². The number of methoxy groups -OCH3 is 1. The molecule has 1 heterocycles. The second-order valence-corrected chi connectivity index (χ2v) is 7.54. The van der Waals surface area contributed by atoms with Crippen molar-refractivity contribution in [2.24, 2.45) is 0 Å². The van der Waals surface area contributed by atoms with E-state index in [1.807, 2.05) is 38.1 Å². The number of aromatic nitrogens is 2. The first-order valence-electron chi connectivity index (χ1n) is 10.4. The van der Waals surface area contributed by atoms with Gasteiger partial charge in [-0.15, -0.1) is 0 Å². The summed E-state index contributed by atoms with van der Waals surface area (Å²) in [6.45, 7) is 4.26. The van der Waals surface area contributed by atoms with Crippen LogP contribution in [0.3, 0.4) is 0 Å². The summed E-state index contributed by atoms with van der Waals surface area (Å²) in [7, 11) is 1.33. The van der Waals surface area contributed by atoms with Crippen LogP contribution in [0.2, 0.25) is 0 Å². The lowest BCUT2D eigenvalue weighted by Crippen LogP contribution is -2.00. The van der Waals surface area contributed by atoms with Crippen molar-refractivity contribution in [2.75, 3.05) is 7.11 Å². The van der Waals surface area contributed by atoms with E-state index in [9.17, 15) is 9.90 Å². The molecule has 0 bridgehead atoms. The second-order valence-electron chi connectivity index (χ2n) is 7.54. The number of phenolic OH excluding ortho intramolecular Hbond substituents is 1. The molecule has 0 radical (unpaired) electrons. The number of aromatic hydroxyl groups is 1. The summed E-state index contributed by atoms with van der Waals surface area (Å²) in [6.07, 6.45) is 0. The van der Waals surface area contributed by atoms with Gasteiger partial charge in [0, 0.05) is 11.6 Å². The monoisotopic (exact) mass is 444 g/mol. The Morgan fingerprint density at radius 1 is 1.00 bits per heavy atom. The lowest BCUT2D eigenvalue weighted by Gasteiger charge is -2.11. The number of ether oxygens (including phenoxy) is 3. The highest BCUT2D eigenvalue weighted by Gasteiger charge is 2.19. The first-order chi connectivity index (χ1) is 16.0. The maximum Gasteiger partial charge on any atom is 0.337 e. The summed E-state index contributed by atoms with van der Waals surface area (Å²) in [5.74, 6) is 1.15. The highest BCUT2D eigenvalue weighted by Crippen LogP contribution is 2.39. The zero-order chi connectivity index (χ0) is 23.4. The Morgan fingerprint density at radius 2 is 1.73 bits per heavy atom. The lowest BCUT2D eigenvalue weighted by atomic mass is 10.1. The van der Waals surface area contributed by atoms with Crippen LogP contribution in [0.5, 0.6) is 23.0 Å². The van der Waals surface area contributed by atoms with Crippen molar-refractivity contribution in [3.05, 3.63) is 89.1 Å². The van der Waals surface area contributed by atoms with Crippen LogP contribution in [0, 0.1) is 13.8 Å². The van der Waals surface area contributed by atoms with Crippen molar-refractivity contribution in [1.82, 2.24) is 10.2 Å². The molecule has 0 amide bonds. The topological polar surface area (TPSA) is 93.7 Å². The van der Waals surface area contributed by atoms with E-state index < -0.39 is 5.97 Å². The third-order valence-electron chi connectivity index (χ3n) is 5.27. The van der Waals surface area contributed by atoms with Gasteiger partial charge in [0.25, 0.3) is 0 Å². The number of phenols is 1. The van der Waals surface area contributed by atoms with E-state index in [1.54, 1.807) is 42.5 Å². The normalized spacial score (nSPS) is 10.6. The molecule has 0 saturated heterocycles. The number of nitrogens with zero attached hydrogens (tertiary/aromatic N) is 1. The van der Waals surface area contributed by atoms with Crippen LogP contribution in [0.4, 0.5) is 0 Å². The van der Waals surface area contributed by atoms with Crippen molar-refractivity contribution >= 4 is 5.97 Å². The first-order valence-corrected chi connectivity index (χ1v) is 10.4. The van der Waals surface area contributed by atoms with Crippen molar-refractivity contribution in [2.45, 2.75) is 20.5 Å². The van der Waals surface area contributed by atoms with Gasteiger partial charge in [-0.25, -0.2) is 4.79 Å². The molecule has 0 spiro atoms. The Morgan fingerprint density at radius 3 is 2.42 bits per heavy atom. The van der Waals surface area contributed by atoms with Crippen LogP contribution in [0.25, 0.3) is 11.3 Å². The van der Waals surface area contributed by atoms with Crippen LogP contribution in [0.15, 0.2) is 66.7 Å². The predicted octanol–water partition coefficient (Wildman–Crippen LogP) is 5.56. The van der Waals surface area contributed by atoms with Gasteiger partial charge >= 0.3 is 5.97 Å². The molecule has 0 aliphatic heterocycles. The van der Waals surface area contributed by atoms with Crippen LogP contribution in [-0.4, -0.2) is 28.4 Å². The number of nitrogens with one attached hydrogen (secondary N) is 1. The fourth-order valence-corrected chi connectivity index (χ4v) is 3.36. The molecule has 0 fully saturated rings. The van der Waals surface area contributed by atoms with Crippen LogP contribution < -0.4 is 9.47 Å². The van der Waals surface area contributed by atoms with Gasteiger partial charge in [0.05, 0.1) is 18.4 Å². The Balaban J connectivity index is 1.54. The van der Waals surface area contributed by atoms with Gasteiger partial charge in [0.2, 0.25) is 0 Å². The Hall–Kier alpha value is -4.26. The summed E-state index contributed by atoms with van der Waals surface area (Å²) in [5.41, 5.74) is 4.31. The van der Waals surface area contributed by atoms with Crippen molar-refractivity contribution < 1.29 is 24.1 Å². The number of rotatable bonds is 7. The van der Waals surface area contributed by atoms with Crippen molar-refractivity contribution in [1.29, 1.82) is 0 Å². The molecule has 0 aliphatic carbocycles. The van der Waals surface area contributed by atoms with E-state index >= 15 is 0 Å². The van der Waals surface area contributed by atoms with Crippen LogP contribution in [0.1, 0.15) is 27.2 Å². The van der Waals surface area contributed by atoms with E-state index in [4.69, 9.17) is 14.2 Å². The number of H-pyrrole nitrogens is 1. The molecule has 2 N–H and O–H groups in total. The molecule has 4 rings (SSSR count). The second kappa shape index (κ2) is 9.48. The minimum absolute atomic E-state index is 0.0228. The van der Waals surface area contributed by atoms with E-state index in [0.29, 0.717) is 46.4 Å². The number of hydrogen-bond donors (Lipinski definition) is 2. The number of carbonyl (C=O) groups is 1. The number of aryl methyl sites for hydroxylation is 2. The lowest BCUT2D eigenvalue weighted by molar-refractivity contribution is 0.0600. The SMILES string of the molecule is COC(=O)c1ccc(Oc2c(-c3ccc(OCc4ccccc4C)cc3O)n[nH]c2C)cc1. The van der Waals surface area contributed by atoms with Crippen molar-refractivity contribution in [3.63, 3.8) is 0 Å². The fourth-order valence-electron chi connectivity index (χ4n) is 3.36. The summed E-state index contributed by atoms with van der Waals surface area (Å²) < 4.78 is 16.6. The maximum atomic E-state index is 11.6. The molecule has 0 atom stereocenters. The maximum absolute atomic E-state index is 11.6. The molecule has 7 heteroatoms. The van der Waals surface area contributed by atoms with Gasteiger partial charge in [0.15, 0.2) is 5.75 Å². The van der Waals surface area contributed by atoms with Gasteiger partial charge in [-0.2, -0.15) is 5.10 Å². The van der Waals surface area contributed by atoms with Crippen LogP contribution >= 0.6 is 0 Å². The van der Waals surface area contributed by atoms with Crippen LogP contribution in [-0.2, 0) is 11.3 Å². The summed E-state index contributed by atoms with van der Waals surface area (Å²) in [5, 5.41) is 17.9. The highest BCUT2D eigenvalue weighted by atomic mass is 16.5. The molecular weight excluding hydrogens is 420 g/mol. The quantitative estimate of drug-likeness (QED) is 0.363. The average molecular weight is 444 g/mol. The van der Waals surface area contributed by atoms with Gasteiger partial charge in [-0.1, -0.05) is 24.3 Å². The fraction of sp³-hybridized carbons (Fsp3) is 0.154. The standard InChI is InChI=1S/C26H24N2O5/c1-16-6-4-5-7-19(16)15-32-21-12-13-22(23(29)14-21)24-25(17(2)27-28-24)33-20-10-8-18(9-11-20)26(30)31-3/h4-14,29H,15H2,1-3H3,(H,27,28). The number of aromatic amines is 1. The third kappa shape index (κ3) is 4.82. The average Bonchev–Trinajstić information content (AvgIpc) is 3.18. The minimum atomic E-state index is -0.420. The van der Waals surface area contributed by atoms with Gasteiger partial charge in [0.1, 0.15) is 29.5 Å². The Bertz CT molecular complexity index is 1280. The first kappa shape index (κ1) is 22.0.